The summed E-state index contributed by atoms with van der Waals surface area (Å²) in [6.07, 6.45) is 7.55. The largest absolute Gasteiger partial charge is 0.444 e. The molecule has 2 rings (SSSR count). The van der Waals surface area contributed by atoms with Gasteiger partial charge >= 0.3 is 6.09 Å². The molecule has 0 heterocycles. The zero-order chi connectivity index (χ0) is 16.2. The first kappa shape index (κ1) is 17.6. The zero-order valence-corrected chi connectivity index (χ0v) is 14.8. The monoisotopic (exact) mass is 310 g/mol. The molecule has 2 fully saturated rings. The first-order valence-electron chi connectivity index (χ1n) is 9.05. The van der Waals surface area contributed by atoms with Gasteiger partial charge in [-0.1, -0.05) is 19.8 Å². The van der Waals surface area contributed by atoms with E-state index in [0.29, 0.717) is 12.0 Å². The molecule has 3 unspecified atom stereocenters. The van der Waals surface area contributed by atoms with Crippen LogP contribution in [0.4, 0.5) is 4.79 Å². The highest BCUT2D eigenvalue weighted by molar-refractivity contribution is 5.67. The fourth-order valence-corrected chi connectivity index (χ4v) is 3.42. The molecular weight excluding hydrogens is 276 g/mol. The number of nitrogens with one attached hydrogen (secondary N) is 2. The summed E-state index contributed by atoms with van der Waals surface area (Å²) in [5.41, 5.74) is -0.423. The molecule has 2 aliphatic carbocycles. The van der Waals surface area contributed by atoms with Crippen LogP contribution in [0.5, 0.6) is 0 Å². The molecule has 0 aromatic carbocycles. The average molecular weight is 310 g/mol. The van der Waals surface area contributed by atoms with Crippen molar-refractivity contribution in [3.8, 4) is 0 Å². The van der Waals surface area contributed by atoms with Gasteiger partial charge in [-0.3, -0.25) is 0 Å². The lowest BCUT2D eigenvalue weighted by molar-refractivity contribution is 0.0510. The molecule has 0 spiro atoms. The van der Waals surface area contributed by atoms with Crippen molar-refractivity contribution >= 4 is 6.09 Å². The van der Waals surface area contributed by atoms with Crippen LogP contribution in [-0.4, -0.2) is 30.8 Å². The molecule has 4 heteroatoms. The fraction of sp³-hybridized carbons (Fsp3) is 0.944. The van der Waals surface area contributed by atoms with Crippen LogP contribution in [0.2, 0.25) is 0 Å². The van der Waals surface area contributed by atoms with Crippen molar-refractivity contribution < 1.29 is 9.53 Å². The van der Waals surface area contributed by atoms with Crippen LogP contribution >= 0.6 is 0 Å². The second kappa shape index (κ2) is 7.67. The zero-order valence-electron chi connectivity index (χ0n) is 14.8. The predicted molar refractivity (Wildman–Crippen MR) is 89.9 cm³/mol. The number of ether oxygens (including phenoxy) is 1. The van der Waals surface area contributed by atoms with Crippen molar-refractivity contribution in [2.45, 2.75) is 77.9 Å². The fourth-order valence-electron chi connectivity index (χ4n) is 3.42. The summed E-state index contributed by atoms with van der Waals surface area (Å²) in [5, 5.41) is 6.73. The van der Waals surface area contributed by atoms with Gasteiger partial charge in [0, 0.05) is 12.6 Å². The van der Waals surface area contributed by atoms with Gasteiger partial charge < -0.3 is 15.4 Å². The highest BCUT2D eigenvalue weighted by Crippen LogP contribution is 2.36. The Labute approximate surface area is 135 Å². The third-order valence-corrected chi connectivity index (χ3v) is 4.95. The highest BCUT2D eigenvalue weighted by Gasteiger charge is 2.30. The smallest absolute Gasteiger partial charge is 0.407 e. The standard InChI is InChI=1S/C18H34N2O2/c1-13(14-9-10-14)11-19-16-8-6-5-7-15(16)12-20-17(21)22-18(2,3)4/h13-16,19H,5-12H2,1-4H3,(H,20,21). The minimum atomic E-state index is -0.423. The Balaban J connectivity index is 1.72. The summed E-state index contributed by atoms with van der Waals surface area (Å²) in [7, 11) is 0. The summed E-state index contributed by atoms with van der Waals surface area (Å²) in [5.74, 6) is 2.28. The SMILES string of the molecule is CC(CNC1CCCCC1CNC(=O)OC(C)(C)C)C1CC1. The Morgan fingerprint density at radius 1 is 1.18 bits per heavy atom. The van der Waals surface area contributed by atoms with Crippen LogP contribution in [0, 0.1) is 17.8 Å². The molecule has 2 saturated carbocycles. The van der Waals surface area contributed by atoms with E-state index in [4.69, 9.17) is 4.74 Å². The number of rotatable bonds is 6. The Hall–Kier alpha value is -0.770. The van der Waals surface area contributed by atoms with Crippen LogP contribution in [0.15, 0.2) is 0 Å². The number of hydrogen-bond acceptors (Lipinski definition) is 3. The van der Waals surface area contributed by atoms with E-state index in [0.717, 1.165) is 24.9 Å². The maximum atomic E-state index is 11.8. The second-order valence-corrected chi connectivity index (χ2v) is 8.26. The maximum absolute atomic E-state index is 11.8. The van der Waals surface area contributed by atoms with Gasteiger partial charge in [-0.05, 0) is 70.8 Å². The molecule has 0 aromatic rings. The number of amides is 1. The third kappa shape index (κ3) is 6.15. The molecule has 0 aromatic heterocycles. The maximum Gasteiger partial charge on any atom is 0.407 e. The van der Waals surface area contributed by atoms with Crippen molar-refractivity contribution in [2.75, 3.05) is 13.1 Å². The van der Waals surface area contributed by atoms with Crippen molar-refractivity contribution in [2.24, 2.45) is 17.8 Å². The normalized spacial score (nSPS) is 27.3. The molecule has 0 bridgehead atoms. The van der Waals surface area contributed by atoms with E-state index in [2.05, 4.69) is 17.6 Å². The van der Waals surface area contributed by atoms with Crippen molar-refractivity contribution in [3.63, 3.8) is 0 Å². The lowest BCUT2D eigenvalue weighted by Gasteiger charge is -2.33. The van der Waals surface area contributed by atoms with E-state index in [-0.39, 0.29) is 6.09 Å². The Morgan fingerprint density at radius 3 is 2.50 bits per heavy atom. The van der Waals surface area contributed by atoms with Gasteiger partial charge in [-0.2, -0.15) is 0 Å². The van der Waals surface area contributed by atoms with E-state index in [9.17, 15) is 4.79 Å². The van der Waals surface area contributed by atoms with Crippen LogP contribution < -0.4 is 10.6 Å². The number of hydrogen-bond donors (Lipinski definition) is 2. The molecule has 128 valence electrons. The minimum Gasteiger partial charge on any atom is -0.444 e. The molecule has 3 atom stereocenters. The van der Waals surface area contributed by atoms with Gasteiger partial charge in [-0.15, -0.1) is 0 Å². The summed E-state index contributed by atoms with van der Waals surface area (Å²) in [4.78, 5) is 11.8. The average Bonchev–Trinajstić information content (AvgIpc) is 3.26. The first-order chi connectivity index (χ1) is 10.3. The van der Waals surface area contributed by atoms with E-state index < -0.39 is 5.60 Å². The van der Waals surface area contributed by atoms with E-state index >= 15 is 0 Å². The molecule has 2 aliphatic rings. The molecule has 2 N–H and O–H groups in total. The summed E-state index contributed by atoms with van der Waals surface area (Å²) >= 11 is 0. The lowest BCUT2D eigenvalue weighted by atomic mass is 9.84. The number of alkyl carbamates (subject to hydrolysis) is 1. The number of carbonyl (C=O) groups excluding carboxylic acids is 1. The summed E-state index contributed by atoms with van der Waals surface area (Å²) in [6.45, 7) is 9.91. The number of carbonyl (C=O) groups is 1. The molecule has 22 heavy (non-hydrogen) atoms. The van der Waals surface area contributed by atoms with Gasteiger partial charge in [0.15, 0.2) is 0 Å². The second-order valence-electron chi connectivity index (χ2n) is 8.26. The topological polar surface area (TPSA) is 50.4 Å². The minimum absolute atomic E-state index is 0.289. The highest BCUT2D eigenvalue weighted by atomic mass is 16.6. The van der Waals surface area contributed by atoms with Gasteiger partial charge in [0.05, 0.1) is 0 Å². The molecular formula is C18H34N2O2. The summed E-state index contributed by atoms with van der Waals surface area (Å²) < 4.78 is 5.33. The van der Waals surface area contributed by atoms with Crippen LogP contribution in [0.1, 0.15) is 66.2 Å². The predicted octanol–water partition coefficient (Wildman–Crippen LogP) is 3.71. The van der Waals surface area contributed by atoms with Gasteiger partial charge in [0.2, 0.25) is 0 Å². The quantitative estimate of drug-likeness (QED) is 0.786. The van der Waals surface area contributed by atoms with Crippen LogP contribution in [0.25, 0.3) is 0 Å². The summed E-state index contributed by atoms with van der Waals surface area (Å²) in [6, 6.07) is 0.546. The molecule has 0 saturated heterocycles. The van der Waals surface area contributed by atoms with Crippen LogP contribution in [-0.2, 0) is 4.74 Å². The lowest BCUT2D eigenvalue weighted by Crippen LogP contribution is -2.46. The van der Waals surface area contributed by atoms with Gasteiger partial charge in [0.1, 0.15) is 5.60 Å². The van der Waals surface area contributed by atoms with Gasteiger partial charge in [-0.25, -0.2) is 4.79 Å². The van der Waals surface area contributed by atoms with Crippen molar-refractivity contribution in [3.05, 3.63) is 0 Å². The molecule has 4 nitrogen and oxygen atoms in total. The molecule has 1 amide bonds. The van der Waals surface area contributed by atoms with E-state index in [1.54, 1.807) is 0 Å². The molecule has 0 radical (unpaired) electrons. The van der Waals surface area contributed by atoms with Crippen LogP contribution in [0.3, 0.4) is 0 Å². The Kier molecular flexibility index (Phi) is 6.13. The van der Waals surface area contributed by atoms with E-state index in [1.807, 2.05) is 20.8 Å². The first-order valence-corrected chi connectivity index (χ1v) is 9.05. The van der Waals surface area contributed by atoms with E-state index in [1.165, 1.54) is 38.5 Å². The van der Waals surface area contributed by atoms with Gasteiger partial charge in [0.25, 0.3) is 0 Å². The van der Waals surface area contributed by atoms with Crippen molar-refractivity contribution in [1.82, 2.24) is 10.6 Å². The Bertz CT molecular complexity index is 361. The molecule has 0 aliphatic heterocycles. The third-order valence-electron chi connectivity index (χ3n) is 4.95. The van der Waals surface area contributed by atoms with Crippen molar-refractivity contribution in [1.29, 1.82) is 0 Å². The Morgan fingerprint density at radius 2 is 1.86 bits per heavy atom.